The van der Waals surface area contributed by atoms with Gasteiger partial charge in [-0.15, -0.1) is 0 Å². The van der Waals surface area contributed by atoms with E-state index in [0.717, 1.165) is 78.7 Å². The molecule has 0 saturated carbocycles. The lowest BCUT2D eigenvalue weighted by atomic mass is 9.33. The van der Waals surface area contributed by atoms with E-state index in [9.17, 15) is 2.74 Å². The SMILES string of the molecule is [2H]c1c([2H])c([2H])c(-c2cccc(-c3ccccc3)c2N2c3ccccc3B3c4cc(C(C)(C)C)ccc4N(c4ccc(C(C)(C)C)cc4-c4ccccc4)c4cc(N(c5ccccc5)c5ccccc5)cc2c43)c([2H])c1[2H]. The van der Waals surface area contributed by atoms with Crippen LogP contribution in [-0.4, -0.2) is 6.71 Å². The van der Waals surface area contributed by atoms with E-state index in [4.69, 9.17) is 4.11 Å². The zero-order valence-electron chi connectivity index (χ0n) is 46.6. The standard InChI is InChI=1S/C68H58BN3/c1-67(2,3)50-39-41-60(57(43-50)49-29-16-9-17-30-49)71-62-42-40-51(68(4,5)6)44-59(62)69-58-37-22-23-38-61(58)72(66-55(47-25-12-7-13-26-47)35-24-36-56(66)48-27-14-8-15-28-48)64-46-54(45-63(71)65(64)69)70(52-31-18-10-19-32-52)53-33-20-11-21-34-53/h7-46H,1-6H3/i7D,12D,13D,25D,26D. The Morgan fingerprint density at radius 2 is 0.861 bits per heavy atom. The molecule has 72 heavy (non-hydrogen) atoms. The van der Waals surface area contributed by atoms with Crippen LogP contribution in [0.25, 0.3) is 33.4 Å². The van der Waals surface area contributed by atoms with Gasteiger partial charge in [0, 0.05) is 50.8 Å². The molecule has 0 aromatic heterocycles. The topological polar surface area (TPSA) is 9.72 Å². The highest BCUT2D eigenvalue weighted by Crippen LogP contribution is 2.53. The van der Waals surface area contributed by atoms with E-state index >= 15 is 0 Å². The largest absolute Gasteiger partial charge is 0.311 e. The number of benzene rings is 10. The fraction of sp³-hybridized carbons (Fsp3) is 0.118. The van der Waals surface area contributed by atoms with Gasteiger partial charge in [0.15, 0.2) is 0 Å². The Kier molecular flexibility index (Phi) is 9.74. The fourth-order valence-electron chi connectivity index (χ4n) is 10.9. The molecule has 2 aliphatic heterocycles. The van der Waals surface area contributed by atoms with E-state index in [2.05, 4.69) is 226 Å². The van der Waals surface area contributed by atoms with Crippen molar-refractivity contribution in [2.45, 2.75) is 52.4 Å². The van der Waals surface area contributed by atoms with Crippen LogP contribution in [-0.2, 0) is 10.8 Å². The molecule has 0 aliphatic carbocycles. The first kappa shape index (κ1) is 39.4. The molecule has 0 fully saturated rings. The summed E-state index contributed by atoms with van der Waals surface area (Å²) in [7, 11) is 0. The van der Waals surface area contributed by atoms with Gasteiger partial charge in [0.1, 0.15) is 0 Å². The lowest BCUT2D eigenvalue weighted by Gasteiger charge is -2.46. The number of hydrogen-bond donors (Lipinski definition) is 0. The molecule has 0 bridgehead atoms. The van der Waals surface area contributed by atoms with Crippen molar-refractivity contribution in [1.29, 1.82) is 0 Å². The van der Waals surface area contributed by atoms with Crippen molar-refractivity contribution in [1.82, 2.24) is 0 Å². The van der Waals surface area contributed by atoms with Crippen molar-refractivity contribution in [3.63, 3.8) is 0 Å². The van der Waals surface area contributed by atoms with Crippen LogP contribution >= 0.6 is 0 Å². The Morgan fingerprint density at radius 1 is 0.375 bits per heavy atom. The minimum atomic E-state index is -0.432. The van der Waals surface area contributed by atoms with E-state index in [1.165, 1.54) is 16.6 Å². The molecular formula is C68H58BN3. The number of nitrogens with zero attached hydrogens (tertiary/aromatic N) is 3. The molecule has 0 unspecified atom stereocenters. The maximum Gasteiger partial charge on any atom is 0.252 e. The Morgan fingerprint density at radius 3 is 1.46 bits per heavy atom. The zero-order chi connectivity index (χ0) is 53.5. The summed E-state index contributed by atoms with van der Waals surface area (Å²) in [5.41, 5.74) is 18.6. The first-order valence-electron chi connectivity index (χ1n) is 27.5. The summed E-state index contributed by atoms with van der Waals surface area (Å²) in [6.45, 7) is 13.4. The summed E-state index contributed by atoms with van der Waals surface area (Å²) in [5.74, 6) is 0. The van der Waals surface area contributed by atoms with Crippen molar-refractivity contribution in [3.05, 3.63) is 254 Å². The number of anilines is 9. The molecule has 2 aliphatic rings. The maximum atomic E-state index is 9.55. The van der Waals surface area contributed by atoms with Crippen LogP contribution < -0.4 is 31.1 Å². The van der Waals surface area contributed by atoms with Gasteiger partial charge in [-0.3, -0.25) is 0 Å². The first-order chi connectivity index (χ1) is 37.1. The molecule has 0 spiro atoms. The molecule has 10 aromatic rings. The molecule has 3 nitrogen and oxygen atoms in total. The summed E-state index contributed by atoms with van der Waals surface area (Å²) in [5, 5.41) is 0. The molecule has 0 amide bonds. The zero-order valence-corrected chi connectivity index (χ0v) is 41.6. The van der Waals surface area contributed by atoms with E-state index in [-0.39, 0.29) is 47.3 Å². The van der Waals surface area contributed by atoms with Gasteiger partial charge in [-0.25, -0.2) is 0 Å². The highest BCUT2D eigenvalue weighted by molar-refractivity contribution is 7.00. The average molecular weight is 933 g/mol. The van der Waals surface area contributed by atoms with Crippen LogP contribution in [0.4, 0.5) is 51.2 Å². The normalized spacial score (nSPS) is 13.8. The molecule has 348 valence electrons. The number of fused-ring (bicyclic) bond motifs is 4. The molecule has 4 heteroatoms. The van der Waals surface area contributed by atoms with Crippen LogP contribution in [0.1, 0.15) is 59.5 Å². The van der Waals surface area contributed by atoms with Gasteiger partial charge in [-0.05, 0) is 116 Å². The van der Waals surface area contributed by atoms with Crippen LogP contribution in [0, 0.1) is 0 Å². The first-order valence-corrected chi connectivity index (χ1v) is 25.0. The van der Waals surface area contributed by atoms with E-state index in [1.54, 1.807) is 0 Å². The minimum absolute atomic E-state index is 0.131. The number of para-hydroxylation sites is 4. The smallest absolute Gasteiger partial charge is 0.252 e. The lowest BCUT2D eigenvalue weighted by molar-refractivity contribution is 0.590. The number of rotatable bonds is 8. The third kappa shape index (κ3) is 7.79. The van der Waals surface area contributed by atoms with Crippen molar-refractivity contribution >= 4 is 74.3 Å². The fourth-order valence-corrected chi connectivity index (χ4v) is 10.9. The molecule has 0 radical (unpaired) electrons. The Bertz CT molecular complexity index is 3840. The van der Waals surface area contributed by atoms with Gasteiger partial charge in [0.2, 0.25) is 0 Å². The molecule has 0 saturated heterocycles. The van der Waals surface area contributed by atoms with Crippen LogP contribution in [0.15, 0.2) is 243 Å². The van der Waals surface area contributed by atoms with Gasteiger partial charge < -0.3 is 14.7 Å². The molecule has 2 heterocycles. The summed E-state index contributed by atoms with van der Waals surface area (Å²) in [6, 6.07) is 73.5. The third-order valence-corrected chi connectivity index (χ3v) is 14.4. The highest BCUT2D eigenvalue weighted by Gasteiger charge is 2.45. The highest BCUT2D eigenvalue weighted by atomic mass is 15.2. The Balaban J connectivity index is 1.28. The van der Waals surface area contributed by atoms with Gasteiger partial charge in [0.05, 0.1) is 23.9 Å². The summed E-state index contributed by atoms with van der Waals surface area (Å²) in [6.07, 6.45) is 0. The second kappa shape index (κ2) is 17.8. The monoisotopic (exact) mass is 933 g/mol. The Hall–Kier alpha value is -8.34. The van der Waals surface area contributed by atoms with E-state index in [1.807, 2.05) is 42.5 Å². The lowest BCUT2D eigenvalue weighted by Crippen LogP contribution is -2.61. The number of hydrogen-bond acceptors (Lipinski definition) is 3. The van der Waals surface area contributed by atoms with E-state index < -0.39 is 6.04 Å². The van der Waals surface area contributed by atoms with Crippen LogP contribution in [0.3, 0.4) is 0 Å². The average Bonchev–Trinajstić information content (AvgIpc) is 3.62. The molecule has 0 atom stereocenters. The second-order valence-electron chi connectivity index (χ2n) is 21.0. The van der Waals surface area contributed by atoms with Crippen LogP contribution in [0.5, 0.6) is 0 Å². The second-order valence-corrected chi connectivity index (χ2v) is 21.0. The summed E-state index contributed by atoms with van der Waals surface area (Å²) >= 11 is 0. The predicted molar refractivity (Wildman–Crippen MR) is 309 cm³/mol. The summed E-state index contributed by atoms with van der Waals surface area (Å²) < 4.78 is 45.8. The Labute approximate surface area is 433 Å². The van der Waals surface area contributed by atoms with Crippen molar-refractivity contribution in [2.24, 2.45) is 0 Å². The van der Waals surface area contributed by atoms with Crippen molar-refractivity contribution in [3.8, 4) is 33.4 Å². The van der Waals surface area contributed by atoms with Gasteiger partial charge >= 0.3 is 0 Å². The quantitative estimate of drug-likeness (QED) is 0.141. The van der Waals surface area contributed by atoms with E-state index in [0.29, 0.717) is 11.3 Å². The van der Waals surface area contributed by atoms with Crippen LogP contribution in [0.2, 0.25) is 0 Å². The van der Waals surface area contributed by atoms with Gasteiger partial charge in [-0.2, -0.15) is 0 Å². The van der Waals surface area contributed by atoms with Gasteiger partial charge in [0.25, 0.3) is 6.71 Å². The minimum Gasteiger partial charge on any atom is -0.311 e. The molecule has 12 rings (SSSR count). The molecule has 10 aromatic carbocycles. The maximum absolute atomic E-state index is 9.55. The third-order valence-electron chi connectivity index (χ3n) is 14.4. The molecule has 0 N–H and O–H groups in total. The summed E-state index contributed by atoms with van der Waals surface area (Å²) in [4.78, 5) is 7.15. The molecular weight excluding hydrogens is 870 g/mol. The van der Waals surface area contributed by atoms with Gasteiger partial charge in [-0.1, -0.05) is 223 Å². The predicted octanol–water partition coefficient (Wildman–Crippen LogP) is 16.8. The van der Waals surface area contributed by atoms with Crippen molar-refractivity contribution < 1.29 is 6.85 Å². The van der Waals surface area contributed by atoms with Crippen molar-refractivity contribution in [2.75, 3.05) is 14.7 Å².